The first-order chi connectivity index (χ1) is 15.0. The number of nitrogens with one attached hydrogen (secondary N) is 2. The van der Waals surface area contributed by atoms with Gasteiger partial charge in [-0.1, -0.05) is 17.7 Å². The lowest BCUT2D eigenvalue weighted by Gasteiger charge is -2.11. The Bertz CT molecular complexity index is 1250. The van der Waals surface area contributed by atoms with Gasteiger partial charge in [0.25, 0.3) is 0 Å². The maximum atomic E-state index is 12.7. The molecule has 170 valence electrons. The maximum Gasteiger partial charge on any atom is 0.240 e. The highest BCUT2D eigenvalue weighted by atomic mass is 35.5. The van der Waals surface area contributed by atoms with Crippen LogP contribution in [0.1, 0.15) is 36.4 Å². The summed E-state index contributed by atoms with van der Waals surface area (Å²) >= 11 is 6.25. The number of amides is 1. The van der Waals surface area contributed by atoms with Gasteiger partial charge in [-0.3, -0.25) is 4.79 Å². The van der Waals surface area contributed by atoms with Gasteiger partial charge in [-0.15, -0.1) is 0 Å². The number of nitrogens with zero attached hydrogens (tertiary/aromatic N) is 2. The van der Waals surface area contributed by atoms with Gasteiger partial charge >= 0.3 is 0 Å². The van der Waals surface area contributed by atoms with Crippen LogP contribution in [0.4, 0.5) is 5.69 Å². The highest BCUT2D eigenvalue weighted by molar-refractivity contribution is 7.89. The van der Waals surface area contributed by atoms with E-state index in [1.54, 1.807) is 30.7 Å². The topological polar surface area (TPSA) is 93.1 Å². The van der Waals surface area contributed by atoms with Gasteiger partial charge in [0.05, 0.1) is 22.7 Å². The molecule has 1 amide bonds. The normalized spacial score (nSPS) is 11.7. The second-order valence-electron chi connectivity index (χ2n) is 8.02. The number of hydrogen-bond acceptors (Lipinski definition) is 4. The van der Waals surface area contributed by atoms with E-state index in [4.69, 9.17) is 11.6 Å². The van der Waals surface area contributed by atoms with Crippen LogP contribution in [0.15, 0.2) is 47.4 Å². The molecule has 2 aromatic carbocycles. The second-order valence-corrected chi connectivity index (χ2v) is 10.1. The quantitative estimate of drug-likeness (QED) is 0.533. The fourth-order valence-electron chi connectivity index (χ4n) is 3.36. The molecule has 1 heterocycles. The van der Waals surface area contributed by atoms with Crippen LogP contribution >= 0.6 is 11.6 Å². The Labute approximate surface area is 193 Å². The Balaban J connectivity index is 1.74. The van der Waals surface area contributed by atoms with Crippen LogP contribution in [0.5, 0.6) is 0 Å². The highest BCUT2D eigenvalue weighted by Gasteiger charge is 2.18. The fraction of sp³-hybridized carbons (Fsp3) is 0.304. The molecule has 0 spiro atoms. The van der Waals surface area contributed by atoms with Gasteiger partial charge in [0.15, 0.2) is 0 Å². The van der Waals surface area contributed by atoms with Crippen LogP contribution in [-0.4, -0.2) is 30.1 Å². The van der Waals surface area contributed by atoms with E-state index in [-0.39, 0.29) is 23.3 Å². The van der Waals surface area contributed by atoms with Crippen LogP contribution in [0, 0.1) is 20.8 Å². The van der Waals surface area contributed by atoms with Gasteiger partial charge < -0.3 is 5.32 Å². The Morgan fingerprint density at radius 1 is 1.09 bits per heavy atom. The minimum atomic E-state index is -3.58. The van der Waals surface area contributed by atoms with Crippen molar-refractivity contribution in [1.82, 2.24) is 14.5 Å². The minimum Gasteiger partial charge on any atom is -0.326 e. The summed E-state index contributed by atoms with van der Waals surface area (Å²) in [6, 6.07) is 11.6. The summed E-state index contributed by atoms with van der Waals surface area (Å²) in [6.07, 6.45) is 0.145. The van der Waals surface area contributed by atoms with Crippen molar-refractivity contribution in [1.29, 1.82) is 0 Å². The summed E-state index contributed by atoms with van der Waals surface area (Å²) in [5, 5.41) is 8.05. The van der Waals surface area contributed by atoms with Crippen molar-refractivity contribution in [2.75, 3.05) is 5.32 Å². The molecule has 0 unspecified atom stereocenters. The van der Waals surface area contributed by atoms with E-state index in [9.17, 15) is 13.2 Å². The summed E-state index contributed by atoms with van der Waals surface area (Å²) in [5.74, 6) is -0.214. The largest absolute Gasteiger partial charge is 0.326 e. The first kappa shape index (κ1) is 24.0. The molecule has 0 saturated heterocycles. The summed E-state index contributed by atoms with van der Waals surface area (Å²) in [7, 11) is -3.58. The van der Waals surface area contributed by atoms with E-state index in [1.165, 1.54) is 12.1 Å². The fourth-order valence-corrected chi connectivity index (χ4v) is 4.78. The average molecular weight is 475 g/mol. The highest BCUT2D eigenvalue weighted by Crippen LogP contribution is 2.23. The molecular weight excluding hydrogens is 448 g/mol. The third kappa shape index (κ3) is 5.38. The second kappa shape index (κ2) is 9.44. The minimum absolute atomic E-state index is 0.145. The molecule has 3 rings (SSSR count). The molecule has 1 aromatic heterocycles. The van der Waals surface area contributed by atoms with Crippen molar-refractivity contribution >= 4 is 33.2 Å². The molecular formula is C23H27ClN4O3S. The number of rotatable bonds is 7. The van der Waals surface area contributed by atoms with Crippen molar-refractivity contribution < 1.29 is 13.2 Å². The zero-order chi connectivity index (χ0) is 23.6. The van der Waals surface area contributed by atoms with Crippen LogP contribution in [-0.2, 0) is 21.2 Å². The van der Waals surface area contributed by atoms with Gasteiger partial charge in [0.1, 0.15) is 0 Å². The Morgan fingerprint density at radius 2 is 1.75 bits per heavy atom. The van der Waals surface area contributed by atoms with E-state index >= 15 is 0 Å². The summed E-state index contributed by atoms with van der Waals surface area (Å²) < 4.78 is 28.8. The number of halogens is 1. The zero-order valence-electron chi connectivity index (χ0n) is 18.7. The Hall–Kier alpha value is -2.68. The van der Waals surface area contributed by atoms with Crippen LogP contribution < -0.4 is 10.0 Å². The predicted octanol–water partition coefficient (Wildman–Crippen LogP) is 4.32. The van der Waals surface area contributed by atoms with Gasteiger partial charge in [-0.2, -0.15) is 5.10 Å². The molecule has 32 heavy (non-hydrogen) atoms. The lowest BCUT2D eigenvalue weighted by molar-refractivity contribution is -0.115. The van der Waals surface area contributed by atoms with Gasteiger partial charge in [-0.05, 0) is 76.6 Å². The van der Waals surface area contributed by atoms with E-state index in [1.807, 2.05) is 39.0 Å². The van der Waals surface area contributed by atoms with Crippen molar-refractivity contribution in [3.05, 3.63) is 70.0 Å². The SMILES string of the molecule is Cc1ccc(-n2nc(C)c(CC(=O)Nc3ccc(S(=O)(=O)NC(C)C)cc3)c2C)cc1Cl. The third-order valence-electron chi connectivity index (χ3n) is 5.02. The van der Waals surface area contributed by atoms with Crippen molar-refractivity contribution in [3.8, 4) is 5.69 Å². The maximum absolute atomic E-state index is 12.7. The monoisotopic (exact) mass is 474 g/mol. The molecule has 0 aliphatic rings. The Morgan fingerprint density at radius 3 is 2.34 bits per heavy atom. The standard InChI is InChI=1S/C23H27ClN4O3S/c1-14(2)27-32(30,31)20-10-7-18(8-11-20)25-23(29)13-21-16(4)26-28(17(21)5)19-9-6-15(3)22(24)12-19/h6-12,14,27H,13H2,1-5H3,(H,25,29). The average Bonchev–Trinajstić information content (AvgIpc) is 2.98. The number of aromatic nitrogens is 2. The van der Waals surface area contributed by atoms with Crippen LogP contribution in [0.25, 0.3) is 5.69 Å². The molecule has 0 fully saturated rings. The third-order valence-corrected chi connectivity index (χ3v) is 7.10. The summed E-state index contributed by atoms with van der Waals surface area (Å²) in [5.41, 5.74) is 4.79. The zero-order valence-corrected chi connectivity index (χ0v) is 20.3. The lowest BCUT2D eigenvalue weighted by Crippen LogP contribution is -2.30. The number of aryl methyl sites for hydroxylation is 2. The molecule has 0 saturated carbocycles. The number of hydrogen-bond donors (Lipinski definition) is 2. The van der Waals surface area contributed by atoms with Gasteiger partial charge in [0, 0.05) is 28.0 Å². The molecule has 9 heteroatoms. The lowest BCUT2D eigenvalue weighted by atomic mass is 10.1. The molecule has 7 nitrogen and oxygen atoms in total. The van der Waals surface area contributed by atoms with E-state index in [2.05, 4.69) is 15.1 Å². The van der Waals surface area contributed by atoms with E-state index in [0.29, 0.717) is 10.7 Å². The number of anilines is 1. The van der Waals surface area contributed by atoms with Crippen molar-refractivity contribution in [2.24, 2.45) is 0 Å². The number of sulfonamides is 1. The Kier molecular flexibility index (Phi) is 7.07. The van der Waals surface area contributed by atoms with Crippen LogP contribution in [0.3, 0.4) is 0 Å². The molecule has 0 aliphatic heterocycles. The first-order valence-electron chi connectivity index (χ1n) is 10.2. The van der Waals surface area contributed by atoms with Crippen molar-refractivity contribution in [2.45, 2.75) is 52.0 Å². The van der Waals surface area contributed by atoms with Gasteiger partial charge in [-0.25, -0.2) is 17.8 Å². The van der Waals surface area contributed by atoms with Gasteiger partial charge in [0.2, 0.25) is 15.9 Å². The predicted molar refractivity (Wildman–Crippen MR) is 127 cm³/mol. The molecule has 3 aromatic rings. The number of benzene rings is 2. The molecule has 2 N–H and O–H groups in total. The molecule has 0 atom stereocenters. The van der Waals surface area contributed by atoms with Crippen molar-refractivity contribution in [3.63, 3.8) is 0 Å². The molecule has 0 aliphatic carbocycles. The van der Waals surface area contributed by atoms with Crippen LogP contribution in [0.2, 0.25) is 5.02 Å². The molecule has 0 radical (unpaired) electrons. The first-order valence-corrected chi connectivity index (χ1v) is 12.1. The number of carbonyl (C=O) groups excluding carboxylic acids is 1. The van der Waals surface area contributed by atoms with E-state index in [0.717, 1.165) is 28.2 Å². The van der Waals surface area contributed by atoms with E-state index < -0.39 is 10.0 Å². The molecule has 0 bridgehead atoms. The number of carbonyl (C=O) groups is 1. The summed E-state index contributed by atoms with van der Waals surface area (Å²) in [6.45, 7) is 9.23. The summed E-state index contributed by atoms with van der Waals surface area (Å²) in [4.78, 5) is 12.8. The smallest absolute Gasteiger partial charge is 0.240 e.